The van der Waals surface area contributed by atoms with Crippen LogP contribution in [0.4, 0.5) is 5.82 Å². The maximum Gasteiger partial charge on any atom is 0.213 e. The number of nitrogens with zero attached hydrogens (tertiary/aromatic N) is 3. The van der Waals surface area contributed by atoms with E-state index < -0.39 is 0 Å². The molecule has 2 aromatic heterocycles. The quantitative estimate of drug-likeness (QED) is 0.886. The zero-order valence-corrected chi connectivity index (χ0v) is 9.53. The highest BCUT2D eigenvalue weighted by Gasteiger charge is 2.05. The van der Waals surface area contributed by atoms with Crippen LogP contribution in [0.1, 0.15) is 18.6 Å². The van der Waals surface area contributed by atoms with Crippen LogP contribution in [-0.2, 0) is 13.0 Å². The molecule has 0 fully saturated rings. The lowest BCUT2D eigenvalue weighted by Crippen LogP contribution is -2.02. The van der Waals surface area contributed by atoms with Crippen LogP contribution in [0.15, 0.2) is 23.0 Å². The highest BCUT2D eigenvalue weighted by Crippen LogP contribution is 2.15. The van der Waals surface area contributed by atoms with Gasteiger partial charge in [0.15, 0.2) is 11.0 Å². The Kier molecular flexibility index (Phi) is 3.36. The van der Waals surface area contributed by atoms with Gasteiger partial charge >= 0.3 is 0 Å². The van der Waals surface area contributed by atoms with E-state index in [1.807, 2.05) is 6.92 Å². The van der Waals surface area contributed by atoms with Gasteiger partial charge in [0.2, 0.25) is 5.89 Å². The number of rotatable bonds is 4. The maximum absolute atomic E-state index is 5.84. The summed E-state index contributed by atoms with van der Waals surface area (Å²) in [5.41, 5.74) is 0. The summed E-state index contributed by atoms with van der Waals surface area (Å²) in [5.74, 6) is 2.00. The fraction of sp³-hybridized carbons (Fsp3) is 0.300. The van der Waals surface area contributed by atoms with Crippen LogP contribution in [0.2, 0.25) is 5.15 Å². The Morgan fingerprint density at radius 1 is 1.31 bits per heavy atom. The molecule has 2 aromatic rings. The Morgan fingerprint density at radius 2 is 2.12 bits per heavy atom. The van der Waals surface area contributed by atoms with Gasteiger partial charge in [-0.25, -0.2) is 15.0 Å². The van der Waals surface area contributed by atoms with Crippen molar-refractivity contribution in [1.29, 1.82) is 0 Å². The van der Waals surface area contributed by atoms with Crippen molar-refractivity contribution in [2.24, 2.45) is 0 Å². The molecular weight excluding hydrogens is 228 g/mol. The first-order valence-electron chi connectivity index (χ1n) is 4.93. The van der Waals surface area contributed by atoms with Crippen LogP contribution in [0.3, 0.4) is 0 Å². The summed E-state index contributed by atoms with van der Waals surface area (Å²) >= 11 is 5.84. The summed E-state index contributed by atoms with van der Waals surface area (Å²) in [6.07, 6.45) is 5.66. The highest BCUT2D eigenvalue weighted by atomic mass is 35.5. The van der Waals surface area contributed by atoms with E-state index in [0.29, 0.717) is 23.4 Å². The average molecular weight is 239 g/mol. The standard InChI is InChI=1S/C10H11ClN4O/c1-2-7-5-14-8(16-7)6-15-10-9(11)12-3-4-13-10/h3-5H,2,6H2,1H3,(H,13,15). The molecule has 2 heterocycles. The summed E-state index contributed by atoms with van der Waals surface area (Å²) in [5, 5.41) is 3.34. The molecule has 0 bridgehead atoms. The first-order chi connectivity index (χ1) is 7.79. The molecule has 0 unspecified atom stereocenters. The molecule has 0 atom stereocenters. The minimum Gasteiger partial charge on any atom is -0.444 e. The lowest BCUT2D eigenvalue weighted by Gasteiger charge is -2.02. The lowest BCUT2D eigenvalue weighted by atomic mass is 10.4. The molecular formula is C10H11ClN4O. The molecule has 0 amide bonds. The second kappa shape index (κ2) is 4.94. The van der Waals surface area contributed by atoms with Crippen LogP contribution >= 0.6 is 11.6 Å². The number of aromatic nitrogens is 3. The number of hydrogen-bond acceptors (Lipinski definition) is 5. The minimum absolute atomic E-state index is 0.338. The molecule has 16 heavy (non-hydrogen) atoms. The van der Waals surface area contributed by atoms with E-state index in [1.54, 1.807) is 12.4 Å². The van der Waals surface area contributed by atoms with Crippen molar-refractivity contribution in [1.82, 2.24) is 15.0 Å². The summed E-state index contributed by atoms with van der Waals surface area (Å²) in [6, 6.07) is 0. The Balaban J connectivity index is 1.99. The van der Waals surface area contributed by atoms with Gasteiger partial charge in [0.25, 0.3) is 0 Å². The van der Waals surface area contributed by atoms with Gasteiger partial charge in [-0.3, -0.25) is 0 Å². The minimum atomic E-state index is 0.338. The van der Waals surface area contributed by atoms with Gasteiger partial charge in [-0.2, -0.15) is 0 Å². The van der Waals surface area contributed by atoms with Gasteiger partial charge in [-0.05, 0) is 0 Å². The van der Waals surface area contributed by atoms with Crippen molar-refractivity contribution in [3.63, 3.8) is 0 Å². The first kappa shape index (κ1) is 10.9. The van der Waals surface area contributed by atoms with Crippen molar-refractivity contribution in [2.75, 3.05) is 5.32 Å². The highest BCUT2D eigenvalue weighted by molar-refractivity contribution is 6.31. The average Bonchev–Trinajstić information content (AvgIpc) is 2.76. The van der Waals surface area contributed by atoms with E-state index in [4.69, 9.17) is 16.0 Å². The van der Waals surface area contributed by atoms with Crippen molar-refractivity contribution >= 4 is 17.4 Å². The molecule has 0 saturated heterocycles. The van der Waals surface area contributed by atoms with Gasteiger partial charge in [0.1, 0.15) is 5.76 Å². The largest absolute Gasteiger partial charge is 0.444 e. The van der Waals surface area contributed by atoms with E-state index in [-0.39, 0.29) is 0 Å². The number of anilines is 1. The molecule has 1 N–H and O–H groups in total. The zero-order valence-electron chi connectivity index (χ0n) is 8.77. The number of oxazole rings is 1. The molecule has 0 spiro atoms. The van der Waals surface area contributed by atoms with E-state index in [1.165, 1.54) is 6.20 Å². The van der Waals surface area contributed by atoms with Crippen LogP contribution in [0.25, 0.3) is 0 Å². The SMILES string of the molecule is CCc1cnc(CNc2nccnc2Cl)o1. The number of hydrogen-bond donors (Lipinski definition) is 1. The van der Waals surface area contributed by atoms with Crippen LogP contribution in [-0.4, -0.2) is 15.0 Å². The predicted octanol–water partition coefficient (Wildman–Crippen LogP) is 2.29. The van der Waals surface area contributed by atoms with Crippen molar-refractivity contribution < 1.29 is 4.42 Å². The second-order valence-electron chi connectivity index (χ2n) is 3.12. The van der Waals surface area contributed by atoms with Crippen molar-refractivity contribution in [2.45, 2.75) is 19.9 Å². The number of halogens is 1. The van der Waals surface area contributed by atoms with Crippen LogP contribution in [0, 0.1) is 0 Å². The molecule has 84 valence electrons. The fourth-order valence-electron chi connectivity index (χ4n) is 1.19. The summed E-state index contributed by atoms with van der Waals surface area (Å²) in [6.45, 7) is 2.45. The topological polar surface area (TPSA) is 63.8 Å². The van der Waals surface area contributed by atoms with E-state index >= 15 is 0 Å². The molecule has 5 nitrogen and oxygen atoms in total. The fourth-order valence-corrected chi connectivity index (χ4v) is 1.36. The van der Waals surface area contributed by atoms with E-state index in [0.717, 1.165) is 12.2 Å². The van der Waals surface area contributed by atoms with Gasteiger partial charge < -0.3 is 9.73 Å². The number of aryl methyl sites for hydroxylation is 1. The smallest absolute Gasteiger partial charge is 0.213 e. The summed E-state index contributed by atoms with van der Waals surface area (Å²) < 4.78 is 5.43. The van der Waals surface area contributed by atoms with Crippen LogP contribution in [0.5, 0.6) is 0 Å². The predicted molar refractivity (Wildman–Crippen MR) is 60.2 cm³/mol. The van der Waals surface area contributed by atoms with E-state index in [2.05, 4.69) is 20.3 Å². The van der Waals surface area contributed by atoms with Crippen molar-refractivity contribution in [3.8, 4) is 0 Å². The molecule has 0 aliphatic carbocycles. The normalized spacial score (nSPS) is 10.4. The Labute approximate surface area is 97.9 Å². The number of nitrogens with one attached hydrogen (secondary N) is 1. The molecule has 6 heteroatoms. The molecule has 0 aliphatic rings. The lowest BCUT2D eigenvalue weighted by molar-refractivity contribution is 0.465. The summed E-state index contributed by atoms with van der Waals surface area (Å²) in [4.78, 5) is 12.1. The zero-order chi connectivity index (χ0) is 11.4. The Bertz CT molecular complexity index is 471. The van der Waals surface area contributed by atoms with E-state index in [9.17, 15) is 0 Å². The van der Waals surface area contributed by atoms with Gasteiger partial charge in [-0.1, -0.05) is 18.5 Å². The first-order valence-corrected chi connectivity index (χ1v) is 5.31. The molecule has 0 saturated carbocycles. The third-order valence-electron chi connectivity index (χ3n) is 2.01. The summed E-state index contributed by atoms with van der Waals surface area (Å²) in [7, 11) is 0. The third-order valence-corrected chi connectivity index (χ3v) is 2.29. The second-order valence-corrected chi connectivity index (χ2v) is 3.48. The van der Waals surface area contributed by atoms with Gasteiger partial charge in [0.05, 0.1) is 12.7 Å². The Morgan fingerprint density at radius 3 is 2.81 bits per heavy atom. The molecule has 0 radical (unpaired) electrons. The van der Waals surface area contributed by atoms with Crippen LogP contribution < -0.4 is 5.32 Å². The van der Waals surface area contributed by atoms with Gasteiger partial charge in [0, 0.05) is 18.8 Å². The maximum atomic E-state index is 5.84. The van der Waals surface area contributed by atoms with Gasteiger partial charge in [-0.15, -0.1) is 0 Å². The molecule has 0 aliphatic heterocycles. The molecule has 0 aromatic carbocycles. The monoisotopic (exact) mass is 238 g/mol. The molecule has 2 rings (SSSR count). The third kappa shape index (κ3) is 2.49. The Hall–Kier alpha value is -1.62. The van der Waals surface area contributed by atoms with Crippen molar-refractivity contribution in [3.05, 3.63) is 35.4 Å².